The minimum atomic E-state index is -1.12. The predicted molar refractivity (Wildman–Crippen MR) is 140 cm³/mol. The SMILES string of the molecule is COc1cc(/C=N\NC(=O)[C@H](Cc2cnc[nH]2)NC(=O)OCc2ccccc2)cc(I)c1OCC(=O)O. The molecule has 1 aromatic heterocycles. The fourth-order valence-corrected chi connectivity index (χ4v) is 3.85. The third kappa shape index (κ3) is 8.79. The summed E-state index contributed by atoms with van der Waals surface area (Å²) in [6.07, 6.45) is 3.76. The van der Waals surface area contributed by atoms with Crippen molar-refractivity contribution in [1.82, 2.24) is 20.7 Å². The largest absolute Gasteiger partial charge is 0.493 e. The molecule has 0 aliphatic rings. The molecule has 37 heavy (non-hydrogen) atoms. The van der Waals surface area contributed by atoms with Crippen molar-refractivity contribution in [2.75, 3.05) is 13.7 Å². The topological polar surface area (TPSA) is 164 Å². The normalized spacial score (nSPS) is 11.5. The van der Waals surface area contributed by atoms with Crippen LogP contribution in [-0.2, 0) is 27.4 Å². The van der Waals surface area contributed by atoms with Crippen LogP contribution in [0.3, 0.4) is 0 Å². The highest BCUT2D eigenvalue weighted by atomic mass is 127. The van der Waals surface area contributed by atoms with Crippen LogP contribution in [0.5, 0.6) is 11.5 Å². The summed E-state index contributed by atoms with van der Waals surface area (Å²) in [5.74, 6) is -1.11. The van der Waals surface area contributed by atoms with E-state index in [1.165, 1.54) is 19.7 Å². The van der Waals surface area contributed by atoms with Crippen molar-refractivity contribution in [1.29, 1.82) is 0 Å². The lowest BCUT2D eigenvalue weighted by molar-refractivity contribution is -0.139. The highest BCUT2D eigenvalue weighted by molar-refractivity contribution is 14.1. The Labute approximate surface area is 225 Å². The first kappa shape index (κ1) is 27.4. The summed E-state index contributed by atoms with van der Waals surface area (Å²) in [6.45, 7) is -0.468. The molecule has 0 radical (unpaired) electrons. The zero-order valence-corrected chi connectivity index (χ0v) is 21.8. The van der Waals surface area contributed by atoms with Gasteiger partial charge in [-0.3, -0.25) is 4.79 Å². The lowest BCUT2D eigenvalue weighted by Gasteiger charge is -2.16. The predicted octanol–water partition coefficient (Wildman–Crippen LogP) is 2.47. The molecule has 0 bridgehead atoms. The number of carbonyl (C=O) groups is 3. The summed E-state index contributed by atoms with van der Waals surface area (Å²) in [5.41, 5.74) is 4.40. The Morgan fingerprint density at radius 2 is 2.03 bits per heavy atom. The maximum absolute atomic E-state index is 12.8. The second kappa shape index (κ2) is 13.8. The van der Waals surface area contributed by atoms with Gasteiger partial charge in [-0.2, -0.15) is 5.10 Å². The van der Waals surface area contributed by atoms with Crippen LogP contribution in [0.4, 0.5) is 4.79 Å². The van der Waals surface area contributed by atoms with Gasteiger partial charge in [0.2, 0.25) is 0 Å². The van der Waals surface area contributed by atoms with Gasteiger partial charge < -0.3 is 29.6 Å². The number of hydrogen-bond acceptors (Lipinski definition) is 8. The smallest absolute Gasteiger partial charge is 0.408 e. The number of alkyl carbamates (subject to hydrolysis) is 1. The van der Waals surface area contributed by atoms with E-state index in [0.717, 1.165) is 5.56 Å². The number of rotatable bonds is 12. The van der Waals surface area contributed by atoms with Gasteiger partial charge in [0.05, 0.1) is 23.2 Å². The minimum absolute atomic E-state index is 0.0515. The molecule has 4 N–H and O–H groups in total. The maximum Gasteiger partial charge on any atom is 0.408 e. The van der Waals surface area contributed by atoms with E-state index >= 15 is 0 Å². The second-order valence-electron chi connectivity index (χ2n) is 7.49. The molecule has 1 heterocycles. The molecule has 194 valence electrons. The molecule has 0 fully saturated rings. The van der Waals surface area contributed by atoms with Gasteiger partial charge in [-0.25, -0.2) is 20.0 Å². The summed E-state index contributed by atoms with van der Waals surface area (Å²) in [4.78, 5) is 42.8. The number of carboxylic acids is 1. The van der Waals surface area contributed by atoms with Crippen molar-refractivity contribution in [3.63, 3.8) is 0 Å². The van der Waals surface area contributed by atoms with Gasteiger partial charge in [0.15, 0.2) is 18.1 Å². The lowest BCUT2D eigenvalue weighted by atomic mass is 10.1. The van der Waals surface area contributed by atoms with Gasteiger partial charge in [-0.15, -0.1) is 0 Å². The van der Waals surface area contributed by atoms with E-state index < -0.39 is 30.6 Å². The summed E-state index contributed by atoms with van der Waals surface area (Å²) in [7, 11) is 1.42. The number of aromatic nitrogens is 2. The average molecular weight is 621 g/mol. The number of benzene rings is 2. The summed E-state index contributed by atoms with van der Waals surface area (Å²) < 4.78 is 16.4. The first-order valence-electron chi connectivity index (χ1n) is 10.8. The molecule has 1 atom stereocenters. The van der Waals surface area contributed by atoms with Crippen molar-refractivity contribution in [2.45, 2.75) is 19.1 Å². The maximum atomic E-state index is 12.8. The number of nitrogens with zero attached hydrogens (tertiary/aromatic N) is 2. The van der Waals surface area contributed by atoms with Crippen molar-refractivity contribution in [3.05, 3.63) is 75.4 Å². The van der Waals surface area contributed by atoms with E-state index in [1.807, 2.05) is 52.9 Å². The summed E-state index contributed by atoms with van der Waals surface area (Å²) >= 11 is 1.98. The number of carbonyl (C=O) groups excluding carboxylic acids is 2. The number of methoxy groups -OCH3 is 1. The number of nitrogens with one attached hydrogen (secondary N) is 3. The van der Waals surface area contributed by atoms with Crippen LogP contribution in [0.15, 0.2) is 60.1 Å². The van der Waals surface area contributed by atoms with Crippen molar-refractivity contribution >= 4 is 46.8 Å². The fraction of sp³-hybridized carbons (Fsp3) is 0.208. The molecule has 0 spiro atoms. The van der Waals surface area contributed by atoms with E-state index in [0.29, 0.717) is 20.6 Å². The number of halogens is 1. The Balaban J connectivity index is 1.64. The third-order valence-electron chi connectivity index (χ3n) is 4.78. The van der Waals surface area contributed by atoms with E-state index in [9.17, 15) is 14.4 Å². The van der Waals surface area contributed by atoms with E-state index in [4.69, 9.17) is 19.3 Å². The van der Waals surface area contributed by atoms with Crippen LogP contribution < -0.4 is 20.2 Å². The molecule has 2 amide bonds. The fourth-order valence-electron chi connectivity index (χ4n) is 3.07. The average Bonchev–Trinajstić information content (AvgIpc) is 3.39. The van der Waals surface area contributed by atoms with Gasteiger partial charge in [-0.05, 0) is 45.9 Å². The van der Waals surface area contributed by atoms with Gasteiger partial charge in [0.1, 0.15) is 12.6 Å². The lowest BCUT2D eigenvalue weighted by Crippen LogP contribution is -2.47. The van der Waals surface area contributed by atoms with Gasteiger partial charge in [0, 0.05) is 18.3 Å². The first-order chi connectivity index (χ1) is 17.9. The number of H-pyrrole nitrogens is 1. The van der Waals surface area contributed by atoms with Gasteiger partial charge in [-0.1, -0.05) is 30.3 Å². The number of aliphatic carboxylic acids is 1. The zero-order valence-electron chi connectivity index (χ0n) is 19.6. The molecule has 0 unspecified atom stereocenters. The number of amides is 2. The Morgan fingerprint density at radius 1 is 1.24 bits per heavy atom. The summed E-state index contributed by atoms with van der Waals surface area (Å²) in [5, 5.41) is 15.4. The van der Waals surface area contributed by atoms with Crippen LogP contribution >= 0.6 is 22.6 Å². The number of ether oxygens (including phenoxy) is 3. The molecule has 0 saturated carbocycles. The minimum Gasteiger partial charge on any atom is -0.493 e. The molecule has 3 rings (SSSR count). The van der Waals surface area contributed by atoms with Crippen LogP contribution in [0, 0.1) is 3.57 Å². The van der Waals surface area contributed by atoms with E-state index in [1.54, 1.807) is 18.3 Å². The Kier molecular flexibility index (Phi) is 10.3. The molecule has 0 aliphatic heterocycles. The van der Waals surface area contributed by atoms with Crippen molar-refractivity contribution < 1.29 is 33.7 Å². The molecule has 0 aliphatic carbocycles. The van der Waals surface area contributed by atoms with E-state index in [2.05, 4.69) is 25.8 Å². The molecular weight excluding hydrogens is 597 g/mol. The molecule has 3 aromatic rings. The Hall–Kier alpha value is -4.14. The molecular formula is C24H24IN5O7. The molecule has 0 saturated heterocycles. The standard InChI is InChI=1S/C24H24IN5O7/c1-35-20-8-16(7-18(25)22(20)36-13-21(31)32)10-28-30-23(33)19(9-17-11-26-14-27-17)29-24(34)37-12-15-5-3-2-4-6-15/h2-8,10-11,14,19H,9,12-13H2,1H3,(H,26,27)(H,29,34)(H,30,33)(H,31,32)/b28-10-/t19-/m0/s1. The van der Waals surface area contributed by atoms with Gasteiger partial charge in [0.25, 0.3) is 5.91 Å². The number of hydrogen-bond donors (Lipinski definition) is 4. The van der Waals surface area contributed by atoms with Gasteiger partial charge >= 0.3 is 12.1 Å². The van der Waals surface area contributed by atoms with Crippen LogP contribution in [-0.4, -0.2) is 59.0 Å². The molecule has 12 nitrogen and oxygen atoms in total. The quantitative estimate of drug-likeness (QED) is 0.136. The first-order valence-corrected chi connectivity index (χ1v) is 11.9. The number of aromatic amines is 1. The monoisotopic (exact) mass is 621 g/mol. The Morgan fingerprint density at radius 3 is 2.70 bits per heavy atom. The highest BCUT2D eigenvalue weighted by Crippen LogP contribution is 2.33. The summed E-state index contributed by atoms with van der Waals surface area (Å²) in [6, 6.07) is 11.4. The Bertz CT molecular complexity index is 1240. The molecule has 13 heteroatoms. The number of hydrazone groups is 1. The van der Waals surface area contributed by atoms with Crippen LogP contribution in [0.1, 0.15) is 16.8 Å². The van der Waals surface area contributed by atoms with E-state index in [-0.39, 0.29) is 18.8 Å². The second-order valence-corrected chi connectivity index (χ2v) is 8.65. The third-order valence-corrected chi connectivity index (χ3v) is 5.58. The highest BCUT2D eigenvalue weighted by Gasteiger charge is 2.22. The zero-order chi connectivity index (χ0) is 26.6. The van der Waals surface area contributed by atoms with Crippen molar-refractivity contribution in [2.24, 2.45) is 5.10 Å². The number of imidazole rings is 1. The molecule has 2 aromatic carbocycles. The van der Waals surface area contributed by atoms with Crippen molar-refractivity contribution in [3.8, 4) is 11.5 Å². The van der Waals surface area contributed by atoms with Crippen LogP contribution in [0.2, 0.25) is 0 Å². The number of carboxylic acid groups (broad SMARTS) is 1. The van der Waals surface area contributed by atoms with Crippen LogP contribution in [0.25, 0.3) is 0 Å².